The number of rotatable bonds is 5. The fourth-order valence-corrected chi connectivity index (χ4v) is 5.67. The highest BCUT2D eigenvalue weighted by Crippen LogP contribution is 2.30. The standard InChI is InChI=1S/C26H38N4O5/c31-23(28-34)17-21-16-22(35-26(33)30-12-6-1-2-7-13-30)18-27-24(21)25(32)29-14-10-20(11-15-29)19-8-4-3-5-9-19/h3-5,8-9,20-22,24,27,34H,1-2,6-7,10-18H2,(H,28,31)/t21-,22-,24-/m0/s1. The molecular formula is C26H38N4O5. The molecule has 9 heteroatoms. The highest BCUT2D eigenvalue weighted by molar-refractivity contribution is 5.84. The summed E-state index contributed by atoms with van der Waals surface area (Å²) in [6.45, 7) is 3.12. The third-order valence-electron chi connectivity index (χ3n) is 7.65. The van der Waals surface area contributed by atoms with Crippen LogP contribution in [0.25, 0.3) is 0 Å². The number of benzene rings is 1. The summed E-state index contributed by atoms with van der Waals surface area (Å²) in [7, 11) is 0. The Kier molecular flexibility index (Phi) is 8.98. The van der Waals surface area contributed by atoms with Gasteiger partial charge in [-0.05, 0) is 49.5 Å². The summed E-state index contributed by atoms with van der Waals surface area (Å²) in [6, 6.07) is 9.84. The van der Waals surface area contributed by atoms with Crippen LogP contribution in [-0.4, -0.2) is 77.8 Å². The van der Waals surface area contributed by atoms with Crippen molar-refractivity contribution in [1.29, 1.82) is 0 Å². The number of likely N-dealkylation sites (tertiary alicyclic amines) is 2. The van der Waals surface area contributed by atoms with E-state index in [2.05, 4.69) is 17.4 Å². The molecule has 0 bridgehead atoms. The van der Waals surface area contributed by atoms with Gasteiger partial charge in [0.15, 0.2) is 0 Å². The summed E-state index contributed by atoms with van der Waals surface area (Å²) in [6.07, 6.45) is 5.66. The van der Waals surface area contributed by atoms with Crippen LogP contribution in [-0.2, 0) is 14.3 Å². The molecule has 4 rings (SSSR count). The van der Waals surface area contributed by atoms with Crippen molar-refractivity contribution in [1.82, 2.24) is 20.6 Å². The van der Waals surface area contributed by atoms with E-state index in [0.717, 1.165) is 38.5 Å². The molecule has 0 radical (unpaired) electrons. The number of hydrogen-bond acceptors (Lipinski definition) is 6. The molecule has 0 spiro atoms. The fraction of sp³-hybridized carbons (Fsp3) is 0.654. The minimum atomic E-state index is -0.547. The molecular weight excluding hydrogens is 448 g/mol. The molecule has 35 heavy (non-hydrogen) atoms. The van der Waals surface area contributed by atoms with E-state index in [9.17, 15) is 14.4 Å². The van der Waals surface area contributed by atoms with E-state index < -0.39 is 18.1 Å². The number of ether oxygens (including phenoxy) is 1. The molecule has 3 saturated heterocycles. The first-order valence-corrected chi connectivity index (χ1v) is 13.0. The van der Waals surface area contributed by atoms with Crippen molar-refractivity contribution in [3.63, 3.8) is 0 Å². The normalized spacial score (nSPS) is 26.0. The van der Waals surface area contributed by atoms with Gasteiger partial charge in [0.05, 0.1) is 6.04 Å². The quantitative estimate of drug-likeness (QED) is 0.436. The number of piperidine rings is 2. The smallest absolute Gasteiger partial charge is 0.410 e. The van der Waals surface area contributed by atoms with Crippen molar-refractivity contribution in [2.45, 2.75) is 69.4 Å². The molecule has 3 aliphatic rings. The van der Waals surface area contributed by atoms with Crippen molar-refractivity contribution in [2.75, 3.05) is 32.7 Å². The topological polar surface area (TPSA) is 111 Å². The molecule has 3 N–H and O–H groups in total. The highest BCUT2D eigenvalue weighted by Gasteiger charge is 2.40. The lowest BCUT2D eigenvalue weighted by Crippen LogP contribution is -2.58. The average molecular weight is 487 g/mol. The van der Waals surface area contributed by atoms with Gasteiger partial charge in [-0.25, -0.2) is 10.3 Å². The first-order valence-electron chi connectivity index (χ1n) is 13.0. The minimum absolute atomic E-state index is 0.0157. The molecule has 1 aromatic rings. The number of hydrogen-bond donors (Lipinski definition) is 3. The first kappa shape index (κ1) is 25.4. The molecule has 1 aromatic carbocycles. The van der Waals surface area contributed by atoms with Crippen molar-refractivity contribution >= 4 is 17.9 Å². The van der Waals surface area contributed by atoms with Crippen LogP contribution < -0.4 is 10.8 Å². The van der Waals surface area contributed by atoms with Crippen molar-refractivity contribution in [2.24, 2.45) is 5.92 Å². The van der Waals surface area contributed by atoms with Gasteiger partial charge in [0.1, 0.15) is 6.10 Å². The Morgan fingerprint density at radius 3 is 2.31 bits per heavy atom. The van der Waals surface area contributed by atoms with Gasteiger partial charge in [0.2, 0.25) is 11.8 Å². The number of hydroxylamine groups is 1. The van der Waals surface area contributed by atoms with E-state index in [0.29, 0.717) is 45.1 Å². The molecule has 9 nitrogen and oxygen atoms in total. The summed E-state index contributed by atoms with van der Waals surface area (Å²) >= 11 is 0. The van der Waals surface area contributed by atoms with Gasteiger partial charge in [-0.3, -0.25) is 14.8 Å². The van der Waals surface area contributed by atoms with Crippen LogP contribution in [0.4, 0.5) is 4.79 Å². The second kappa shape index (κ2) is 12.4. The minimum Gasteiger partial charge on any atom is -0.445 e. The Bertz CT molecular complexity index is 851. The zero-order chi connectivity index (χ0) is 24.6. The Hall–Kier alpha value is -2.65. The number of carbonyl (C=O) groups is 3. The molecule has 0 aliphatic carbocycles. The zero-order valence-corrected chi connectivity index (χ0v) is 20.4. The summed E-state index contributed by atoms with van der Waals surface area (Å²) < 4.78 is 5.77. The number of amides is 3. The van der Waals surface area contributed by atoms with Gasteiger partial charge in [-0.2, -0.15) is 0 Å². The molecule has 3 aliphatic heterocycles. The Morgan fingerprint density at radius 1 is 0.971 bits per heavy atom. The second-order valence-corrected chi connectivity index (χ2v) is 10.0. The Balaban J connectivity index is 1.34. The molecule has 0 aromatic heterocycles. The van der Waals surface area contributed by atoms with Crippen LogP contribution in [0.5, 0.6) is 0 Å². The summed E-state index contributed by atoms with van der Waals surface area (Å²) in [5.41, 5.74) is 2.99. The SMILES string of the molecule is O=C(C[C@@H]1C[C@H](OC(=O)N2CCCCCC2)CN[C@@H]1C(=O)N1CCC(c2ccccc2)CC1)NO. The van der Waals surface area contributed by atoms with Crippen molar-refractivity contribution in [3.05, 3.63) is 35.9 Å². The fourth-order valence-electron chi connectivity index (χ4n) is 5.67. The van der Waals surface area contributed by atoms with Crippen LogP contribution in [0, 0.1) is 5.92 Å². The van der Waals surface area contributed by atoms with Gasteiger partial charge in [-0.15, -0.1) is 0 Å². The summed E-state index contributed by atoms with van der Waals surface area (Å²) in [4.78, 5) is 41.8. The molecule has 192 valence electrons. The van der Waals surface area contributed by atoms with E-state index >= 15 is 0 Å². The summed E-state index contributed by atoms with van der Waals surface area (Å²) in [5, 5.41) is 12.3. The Morgan fingerprint density at radius 2 is 1.66 bits per heavy atom. The van der Waals surface area contributed by atoms with E-state index in [-0.39, 0.29) is 24.3 Å². The molecule has 3 amide bonds. The first-order chi connectivity index (χ1) is 17.0. The van der Waals surface area contributed by atoms with Gasteiger partial charge in [-0.1, -0.05) is 43.2 Å². The third kappa shape index (κ3) is 6.73. The third-order valence-corrected chi connectivity index (χ3v) is 7.65. The maximum atomic E-state index is 13.4. The van der Waals surface area contributed by atoms with Gasteiger partial charge < -0.3 is 19.9 Å². The molecule has 3 fully saturated rings. The largest absolute Gasteiger partial charge is 0.445 e. The average Bonchev–Trinajstić information content (AvgIpc) is 3.19. The van der Waals surface area contributed by atoms with Crippen LogP contribution in [0.2, 0.25) is 0 Å². The lowest BCUT2D eigenvalue weighted by atomic mass is 9.84. The lowest BCUT2D eigenvalue weighted by Gasteiger charge is -2.40. The predicted octanol–water partition coefficient (Wildman–Crippen LogP) is 2.65. The Labute approximate surface area is 207 Å². The van der Waals surface area contributed by atoms with Crippen LogP contribution in [0.3, 0.4) is 0 Å². The lowest BCUT2D eigenvalue weighted by molar-refractivity contribution is -0.139. The van der Waals surface area contributed by atoms with E-state index in [1.54, 1.807) is 10.4 Å². The summed E-state index contributed by atoms with van der Waals surface area (Å²) in [5.74, 6) is -0.503. The van der Waals surface area contributed by atoms with Crippen molar-refractivity contribution in [3.8, 4) is 0 Å². The predicted molar refractivity (Wildman–Crippen MR) is 130 cm³/mol. The van der Waals surface area contributed by atoms with E-state index in [1.807, 2.05) is 23.1 Å². The zero-order valence-electron chi connectivity index (χ0n) is 20.4. The molecule has 3 heterocycles. The van der Waals surface area contributed by atoms with Gasteiger partial charge >= 0.3 is 6.09 Å². The second-order valence-electron chi connectivity index (χ2n) is 10.0. The van der Waals surface area contributed by atoms with Gasteiger partial charge in [0.25, 0.3) is 0 Å². The molecule has 0 unspecified atom stereocenters. The van der Waals surface area contributed by atoms with Crippen LogP contribution in [0.1, 0.15) is 62.8 Å². The van der Waals surface area contributed by atoms with Crippen LogP contribution in [0.15, 0.2) is 30.3 Å². The maximum absolute atomic E-state index is 13.4. The van der Waals surface area contributed by atoms with Gasteiger partial charge in [0, 0.05) is 39.1 Å². The monoisotopic (exact) mass is 486 g/mol. The molecule has 3 atom stereocenters. The maximum Gasteiger partial charge on any atom is 0.410 e. The number of nitrogens with zero attached hydrogens (tertiary/aromatic N) is 2. The highest BCUT2D eigenvalue weighted by atomic mass is 16.6. The van der Waals surface area contributed by atoms with E-state index in [1.165, 1.54) is 5.56 Å². The number of nitrogens with one attached hydrogen (secondary N) is 2. The number of carbonyl (C=O) groups excluding carboxylic acids is 3. The van der Waals surface area contributed by atoms with Crippen LogP contribution >= 0.6 is 0 Å². The van der Waals surface area contributed by atoms with E-state index in [4.69, 9.17) is 9.94 Å². The van der Waals surface area contributed by atoms with Crippen molar-refractivity contribution < 1.29 is 24.3 Å². The molecule has 0 saturated carbocycles.